The van der Waals surface area contributed by atoms with Gasteiger partial charge < -0.3 is 15.7 Å². The van der Waals surface area contributed by atoms with Crippen LogP contribution >= 0.6 is 0 Å². The van der Waals surface area contributed by atoms with Crippen LogP contribution in [-0.2, 0) is 11.3 Å². The molecule has 1 aromatic heterocycles. The molecule has 210 valence electrons. The molecule has 3 aliphatic rings. The number of piperazine rings is 1. The van der Waals surface area contributed by atoms with Crippen LogP contribution in [0.25, 0.3) is 11.3 Å². The number of hydrazine groups is 1. The van der Waals surface area contributed by atoms with Crippen molar-refractivity contribution in [3.63, 3.8) is 0 Å². The Labute approximate surface area is 232 Å². The maximum atomic E-state index is 13.8. The molecule has 0 bridgehead atoms. The smallest absolute Gasteiger partial charge is 0.343 e. The summed E-state index contributed by atoms with van der Waals surface area (Å²) in [6, 6.07) is 9.51. The van der Waals surface area contributed by atoms with Crippen molar-refractivity contribution in [2.45, 2.75) is 13.0 Å². The number of carbonyl (C=O) groups is 4. The molecule has 2 fully saturated rings. The fourth-order valence-corrected chi connectivity index (χ4v) is 5.23. The maximum Gasteiger partial charge on any atom is 0.343 e. The number of hydrogen-bond acceptors (Lipinski definition) is 10. The van der Waals surface area contributed by atoms with E-state index in [1.54, 1.807) is 24.3 Å². The molecule has 5 amide bonds. The lowest BCUT2D eigenvalue weighted by molar-refractivity contribution is -0.122. The Morgan fingerprint density at radius 3 is 2.39 bits per heavy atom. The number of imide groups is 2. The first-order chi connectivity index (χ1) is 19.7. The number of phenols is 1. The van der Waals surface area contributed by atoms with Crippen LogP contribution in [0.4, 0.5) is 20.7 Å². The van der Waals surface area contributed by atoms with E-state index in [1.807, 2.05) is 4.90 Å². The summed E-state index contributed by atoms with van der Waals surface area (Å²) in [5.41, 5.74) is 8.49. The molecule has 0 saturated carbocycles. The molecule has 0 spiro atoms. The summed E-state index contributed by atoms with van der Waals surface area (Å²) in [4.78, 5) is 53.9. The number of nitrogens with one attached hydrogen (secondary N) is 1. The highest BCUT2D eigenvalue weighted by Gasteiger charge is 2.43. The number of halogens is 1. The topological polar surface area (TPSA) is 165 Å². The molecule has 2 aromatic carbocycles. The summed E-state index contributed by atoms with van der Waals surface area (Å²) in [6.45, 7) is 2.97. The van der Waals surface area contributed by atoms with Crippen LogP contribution in [0.1, 0.15) is 32.7 Å². The van der Waals surface area contributed by atoms with Crippen molar-refractivity contribution in [1.82, 2.24) is 30.4 Å². The van der Waals surface area contributed by atoms with E-state index in [0.717, 1.165) is 21.6 Å². The molecule has 4 heterocycles. The van der Waals surface area contributed by atoms with E-state index in [4.69, 9.17) is 5.73 Å². The molecule has 2 saturated heterocycles. The number of hydrogen-bond donors (Lipinski definition) is 3. The van der Waals surface area contributed by atoms with Gasteiger partial charge >= 0.3 is 6.03 Å². The largest absolute Gasteiger partial charge is 0.507 e. The quantitative estimate of drug-likeness (QED) is 0.388. The Morgan fingerprint density at radius 1 is 0.878 bits per heavy atom. The van der Waals surface area contributed by atoms with Crippen LogP contribution in [0.2, 0.25) is 0 Å². The Hall–Kier alpha value is -5.11. The number of nitrogen functional groups attached to an aromatic ring is 1. The first-order valence-electron chi connectivity index (χ1n) is 12.9. The average molecular weight is 561 g/mol. The lowest BCUT2D eigenvalue weighted by Gasteiger charge is -2.36. The number of rotatable bonds is 5. The predicted octanol–water partition coefficient (Wildman–Crippen LogP) is 1.35. The molecule has 0 unspecified atom stereocenters. The van der Waals surface area contributed by atoms with Gasteiger partial charge in [0.2, 0.25) is 5.91 Å². The normalized spacial score (nSPS) is 17.7. The third kappa shape index (κ3) is 4.78. The second kappa shape index (κ2) is 10.1. The third-order valence-corrected chi connectivity index (χ3v) is 7.36. The van der Waals surface area contributed by atoms with Crippen LogP contribution in [-0.4, -0.2) is 86.7 Å². The lowest BCUT2D eigenvalue weighted by atomic mass is 10.1. The molecule has 0 atom stereocenters. The number of nitrogens with zero attached hydrogens (tertiary/aromatic N) is 6. The van der Waals surface area contributed by atoms with Crippen molar-refractivity contribution in [2.24, 2.45) is 0 Å². The summed E-state index contributed by atoms with van der Waals surface area (Å²) in [6.07, 6.45) is -0.00777. The Balaban J connectivity index is 1.13. The number of amides is 5. The molecule has 0 radical (unpaired) electrons. The van der Waals surface area contributed by atoms with Crippen molar-refractivity contribution in [1.29, 1.82) is 0 Å². The molecule has 13 nitrogen and oxygen atoms in total. The highest BCUT2D eigenvalue weighted by molar-refractivity contribution is 6.22. The van der Waals surface area contributed by atoms with Crippen LogP contribution < -0.4 is 16.0 Å². The minimum Gasteiger partial charge on any atom is -0.507 e. The van der Waals surface area contributed by atoms with Crippen LogP contribution in [0.5, 0.6) is 5.75 Å². The van der Waals surface area contributed by atoms with Crippen molar-refractivity contribution in [3.05, 3.63) is 65.0 Å². The summed E-state index contributed by atoms with van der Waals surface area (Å²) in [5.74, 6) is -2.08. The summed E-state index contributed by atoms with van der Waals surface area (Å²) >= 11 is 0. The second-order valence-corrected chi connectivity index (χ2v) is 9.95. The monoisotopic (exact) mass is 560 g/mol. The van der Waals surface area contributed by atoms with E-state index in [2.05, 4.69) is 20.4 Å². The zero-order chi connectivity index (χ0) is 28.8. The zero-order valence-electron chi connectivity index (χ0n) is 21.7. The number of urea groups is 1. The van der Waals surface area contributed by atoms with Gasteiger partial charge in [0.15, 0.2) is 5.82 Å². The van der Waals surface area contributed by atoms with Crippen LogP contribution in [0, 0.1) is 5.82 Å². The minimum absolute atomic E-state index is 0.00777. The number of anilines is 2. The van der Waals surface area contributed by atoms with Gasteiger partial charge in [-0.2, -0.15) is 5.01 Å². The highest BCUT2D eigenvalue weighted by atomic mass is 19.1. The maximum absolute atomic E-state index is 13.8. The second-order valence-electron chi connectivity index (χ2n) is 9.95. The first kappa shape index (κ1) is 26.1. The molecule has 4 N–H and O–H groups in total. The molecule has 3 aliphatic heterocycles. The summed E-state index contributed by atoms with van der Waals surface area (Å²) in [5, 5.41) is 22.1. The molecular formula is C27H25FN8O5. The fourth-order valence-electron chi connectivity index (χ4n) is 5.23. The SMILES string of the molecule is Nc1nnc(-c2cc(F)ccc2O)cc1N1CCN(Cc2ccc3c(c2)C(=O)N(N2CCC(=O)NC2=O)C3=O)CC1. The molecule has 0 aliphatic carbocycles. The zero-order valence-corrected chi connectivity index (χ0v) is 21.7. The van der Waals surface area contributed by atoms with Crippen molar-refractivity contribution >= 4 is 35.3 Å². The number of aromatic hydroxyl groups is 1. The van der Waals surface area contributed by atoms with Crippen LogP contribution in [0.15, 0.2) is 42.5 Å². The van der Waals surface area contributed by atoms with E-state index >= 15 is 0 Å². The lowest BCUT2D eigenvalue weighted by Crippen LogP contribution is -2.58. The number of nitrogens with two attached hydrogens (primary N) is 1. The van der Waals surface area contributed by atoms with E-state index < -0.39 is 29.6 Å². The van der Waals surface area contributed by atoms with Crippen molar-refractivity contribution in [3.8, 4) is 17.0 Å². The van der Waals surface area contributed by atoms with Crippen LogP contribution in [0.3, 0.4) is 0 Å². The summed E-state index contributed by atoms with van der Waals surface area (Å²) < 4.78 is 13.8. The number of phenolic OH excluding ortho intramolecular Hbond substituents is 1. The number of carbonyl (C=O) groups excluding carboxylic acids is 4. The Bertz CT molecular complexity index is 1610. The van der Waals surface area contributed by atoms with Gasteiger partial charge in [-0.3, -0.25) is 24.6 Å². The van der Waals surface area contributed by atoms with Gasteiger partial charge in [0.1, 0.15) is 11.6 Å². The highest BCUT2D eigenvalue weighted by Crippen LogP contribution is 2.33. The first-order valence-corrected chi connectivity index (χ1v) is 12.9. The molecule has 3 aromatic rings. The van der Waals surface area contributed by atoms with E-state index in [-0.39, 0.29) is 41.2 Å². The van der Waals surface area contributed by atoms with Crippen molar-refractivity contribution < 1.29 is 28.7 Å². The average Bonchev–Trinajstić information content (AvgIpc) is 3.20. The molecule has 6 rings (SSSR count). The van der Waals surface area contributed by atoms with Gasteiger partial charge in [-0.15, -0.1) is 10.2 Å². The molecular weight excluding hydrogens is 535 g/mol. The fraction of sp³-hybridized carbons (Fsp3) is 0.259. The predicted molar refractivity (Wildman–Crippen MR) is 143 cm³/mol. The number of benzene rings is 2. The van der Waals surface area contributed by atoms with Gasteiger partial charge in [0.05, 0.1) is 29.1 Å². The van der Waals surface area contributed by atoms with Gasteiger partial charge in [-0.1, -0.05) is 6.07 Å². The Morgan fingerprint density at radius 2 is 1.63 bits per heavy atom. The van der Waals surface area contributed by atoms with E-state index in [1.165, 1.54) is 12.1 Å². The van der Waals surface area contributed by atoms with Gasteiger partial charge in [-0.05, 0) is 42.0 Å². The minimum atomic E-state index is -0.807. The Kier molecular flexibility index (Phi) is 6.46. The number of aromatic nitrogens is 2. The van der Waals surface area contributed by atoms with E-state index in [0.29, 0.717) is 44.1 Å². The van der Waals surface area contributed by atoms with E-state index in [9.17, 15) is 28.7 Å². The molecule has 41 heavy (non-hydrogen) atoms. The summed E-state index contributed by atoms with van der Waals surface area (Å²) in [7, 11) is 0. The third-order valence-electron chi connectivity index (χ3n) is 7.36. The van der Waals surface area contributed by atoms with Gasteiger partial charge in [-0.25, -0.2) is 14.2 Å². The van der Waals surface area contributed by atoms with Crippen molar-refractivity contribution in [2.75, 3.05) is 43.4 Å². The standard InChI is InChI=1S/C27H25FN8O5/c28-16-2-4-22(37)19(12-16)20-13-21(24(29)32-31-20)34-9-7-33(8-10-34)14-15-1-3-17-18(11-15)26(40)36(25(17)39)35-6-5-23(38)30-27(35)41/h1-4,11-13,37H,5-10,14H2,(H2,29,32)(H,30,38,41). The number of fused-ring (bicyclic) bond motifs is 1. The van der Waals surface area contributed by atoms with Gasteiger partial charge in [0, 0.05) is 44.7 Å². The van der Waals surface area contributed by atoms with Gasteiger partial charge in [0.25, 0.3) is 11.8 Å². The molecule has 14 heteroatoms.